The first-order valence-electron chi connectivity index (χ1n) is 4.88. The summed E-state index contributed by atoms with van der Waals surface area (Å²) in [4.78, 5) is 15.6. The first kappa shape index (κ1) is 11.7. The summed E-state index contributed by atoms with van der Waals surface area (Å²) in [7, 11) is 2.85. The maximum absolute atomic E-state index is 11.6. The van der Waals surface area contributed by atoms with Crippen LogP contribution in [-0.2, 0) is 4.74 Å². The molecule has 17 heavy (non-hydrogen) atoms. The number of fused-ring (bicyclic) bond motifs is 1. The number of esters is 1. The summed E-state index contributed by atoms with van der Waals surface area (Å²) in [6.07, 6.45) is 1.39. The highest BCUT2D eigenvalue weighted by molar-refractivity contribution is 6.35. The van der Waals surface area contributed by atoms with Crippen molar-refractivity contribution in [1.29, 1.82) is 0 Å². The Morgan fingerprint density at radius 1 is 1.35 bits per heavy atom. The molecule has 0 unspecified atom stereocenters. The normalized spacial score (nSPS) is 10.3. The molecular weight excluding hydrogens is 242 g/mol. The molecule has 0 amide bonds. The van der Waals surface area contributed by atoms with E-state index < -0.39 is 5.97 Å². The third kappa shape index (κ3) is 1.91. The van der Waals surface area contributed by atoms with Crippen LogP contribution in [0.15, 0.2) is 24.4 Å². The first-order valence-corrected chi connectivity index (χ1v) is 5.26. The lowest BCUT2D eigenvalue weighted by Crippen LogP contribution is -2.04. The third-order valence-corrected chi connectivity index (χ3v) is 2.75. The number of nitrogens with zero attached hydrogens (tertiary/aromatic N) is 1. The van der Waals surface area contributed by atoms with E-state index in [-0.39, 0.29) is 0 Å². The fourth-order valence-corrected chi connectivity index (χ4v) is 1.88. The third-order valence-electron chi connectivity index (χ3n) is 2.45. The molecule has 2 aromatic rings. The van der Waals surface area contributed by atoms with Gasteiger partial charge < -0.3 is 9.47 Å². The molecule has 0 bridgehead atoms. The Labute approximate surface area is 103 Å². The van der Waals surface area contributed by atoms with Gasteiger partial charge in [-0.3, -0.25) is 0 Å². The molecular formula is C12H10ClNO3. The van der Waals surface area contributed by atoms with Crippen molar-refractivity contribution < 1.29 is 14.3 Å². The number of rotatable bonds is 2. The number of carbonyl (C=O) groups excluding carboxylic acids is 1. The van der Waals surface area contributed by atoms with Crippen LogP contribution in [-0.4, -0.2) is 25.2 Å². The van der Waals surface area contributed by atoms with Crippen LogP contribution in [0.25, 0.3) is 10.8 Å². The van der Waals surface area contributed by atoms with Crippen molar-refractivity contribution in [2.24, 2.45) is 0 Å². The number of carbonyl (C=O) groups is 1. The molecule has 0 radical (unpaired) electrons. The van der Waals surface area contributed by atoms with E-state index in [4.69, 9.17) is 21.1 Å². The Morgan fingerprint density at radius 2 is 2.12 bits per heavy atom. The van der Waals surface area contributed by atoms with Crippen LogP contribution in [0.5, 0.6) is 5.75 Å². The van der Waals surface area contributed by atoms with Crippen LogP contribution in [0.4, 0.5) is 0 Å². The van der Waals surface area contributed by atoms with Crippen LogP contribution >= 0.6 is 11.6 Å². The highest BCUT2D eigenvalue weighted by Gasteiger charge is 2.16. The number of hydrogen-bond donors (Lipinski definition) is 0. The van der Waals surface area contributed by atoms with E-state index in [0.717, 1.165) is 0 Å². The number of halogens is 1. The Kier molecular flexibility index (Phi) is 3.15. The monoisotopic (exact) mass is 251 g/mol. The van der Waals surface area contributed by atoms with Gasteiger partial charge in [-0.15, -0.1) is 0 Å². The maximum atomic E-state index is 11.6. The summed E-state index contributed by atoms with van der Waals surface area (Å²) in [5.74, 6) is 0.0934. The second kappa shape index (κ2) is 4.59. The average Bonchev–Trinajstić information content (AvgIpc) is 2.38. The van der Waals surface area contributed by atoms with E-state index in [1.807, 2.05) is 0 Å². The van der Waals surface area contributed by atoms with Gasteiger partial charge in [-0.05, 0) is 6.07 Å². The van der Waals surface area contributed by atoms with Crippen molar-refractivity contribution in [3.8, 4) is 5.75 Å². The number of ether oxygens (including phenoxy) is 2. The molecule has 88 valence electrons. The molecule has 5 heteroatoms. The van der Waals surface area contributed by atoms with Gasteiger partial charge in [0.2, 0.25) is 0 Å². The maximum Gasteiger partial charge on any atom is 0.340 e. The molecule has 1 heterocycles. The van der Waals surface area contributed by atoms with Gasteiger partial charge in [-0.1, -0.05) is 23.7 Å². The predicted molar refractivity (Wildman–Crippen MR) is 64.6 cm³/mol. The van der Waals surface area contributed by atoms with Gasteiger partial charge in [0.1, 0.15) is 10.9 Å². The van der Waals surface area contributed by atoms with Gasteiger partial charge in [0.25, 0.3) is 0 Å². The van der Waals surface area contributed by atoms with Gasteiger partial charge in [0, 0.05) is 17.0 Å². The molecule has 0 aliphatic heterocycles. The number of methoxy groups -OCH3 is 2. The Bertz CT molecular complexity index is 583. The minimum Gasteiger partial charge on any atom is -0.496 e. The second-order valence-corrected chi connectivity index (χ2v) is 3.70. The molecule has 2 rings (SSSR count). The quantitative estimate of drug-likeness (QED) is 0.608. The molecule has 0 aliphatic rings. The molecule has 0 saturated heterocycles. The molecule has 4 nitrogen and oxygen atoms in total. The lowest BCUT2D eigenvalue weighted by molar-refractivity contribution is 0.0602. The van der Waals surface area contributed by atoms with Crippen LogP contribution in [0.3, 0.4) is 0 Å². The standard InChI is InChI=1S/C12H10ClNO3/c1-16-9-5-3-4-7-10(9)8(12(15)17-2)6-14-11(7)13/h3-6H,1-2H3. The Balaban J connectivity index is 2.85. The average molecular weight is 252 g/mol. The summed E-state index contributed by atoms with van der Waals surface area (Å²) in [6.45, 7) is 0. The topological polar surface area (TPSA) is 48.4 Å². The van der Waals surface area contributed by atoms with E-state index in [1.54, 1.807) is 18.2 Å². The summed E-state index contributed by atoms with van der Waals surface area (Å²) >= 11 is 5.99. The van der Waals surface area contributed by atoms with Crippen LogP contribution in [0.1, 0.15) is 10.4 Å². The van der Waals surface area contributed by atoms with E-state index in [2.05, 4.69) is 4.98 Å². The number of hydrogen-bond acceptors (Lipinski definition) is 4. The van der Waals surface area contributed by atoms with E-state index in [0.29, 0.717) is 27.2 Å². The van der Waals surface area contributed by atoms with Crippen molar-refractivity contribution in [2.45, 2.75) is 0 Å². The zero-order valence-electron chi connectivity index (χ0n) is 9.36. The van der Waals surface area contributed by atoms with Crippen molar-refractivity contribution in [3.05, 3.63) is 35.1 Å². The van der Waals surface area contributed by atoms with Crippen LogP contribution < -0.4 is 4.74 Å². The SMILES string of the molecule is COC(=O)c1cnc(Cl)c2cccc(OC)c12. The lowest BCUT2D eigenvalue weighted by Gasteiger charge is -2.09. The molecule has 1 aromatic carbocycles. The van der Waals surface area contributed by atoms with Crippen molar-refractivity contribution in [1.82, 2.24) is 4.98 Å². The number of pyridine rings is 1. The zero-order chi connectivity index (χ0) is 12.4. The molecule has 1 aromatic heterocycles. The highest BCUT2D eigenvalue weighted by atomic mass is 35.5. The van der Waals surface area contributed by atoms with Crippen molar-refractivity contribution in [2.75, 3.05) is 14.2 Å². The minimum absolute atomic E-state index is 0.326. The number of aromatic nitrogens is 1. The van der Waals surface area contributed by atoms with E-state index >= 15 is 0 Å². The Morgan fingerprint density at radius 3 is 2.76 bits per heavy atom. The zero-order valence-corrected chi connectivity index (χ0v) is 10.1. The predicted octanol–water partition coefficient (Wildman–Crippen LogP) is 2.68. The van der Waals surface area contributed by atoms with Crippen molar-refractivity contribution in [3.63, 3.8) is 0 Å². The van der Waals surface area contributed by atoms with Crippen LogP contribution in [0, 0.1) is 0 Å². The molecule has 0 N–H and O–H groups in total. The fraction of sp³-hybridized carbons (Fsp3) is 0.167. The largest absolute Gasteiger partial charge is 0.496 e. The van der Waals surface area contributed by atoms with Crippen LogP contribution in [0.2, 0.25) is 5.15 Å². The first-order chi connectivity index (χ1) is 8.19. The lowest BCUT2D eigenvalue weighted by atomic mass is 10.1. The minimum atomic E-state index is -0.469. The fourth-order valence-electron chi connectivity index (χ4n) is 1.67. The molecule has 0 aliphatic carbocycles. The highest BCUT2D eigenvalue weighted by Crippen LogP contribution is 2.32. The summed E-state index contributed by atoms with van der Waals surface area (Å²) in [5, 5.41) is 1.60. The molecule has 0 atom stereocenters. The van der Waals surface area contributed by atoms with Gasteiger partial charge >= 0.3 is 5.97 Å². The van der Waals surface area contributed by atoms with Gasteiger partial charge in [-0.2, -0.15) is 0 Å². The molecule has 0 fully saturated rings. The van der Waals surface area contributed by atoms with Crippen molar-refractivity contribution >= 4 is 28.3 Å². The van der Waals surface area contributed by atoms with Gasteiger partial charge in [0.15, 0.2) is 0 Å². The molecule has 0 saturated carbocycles. The van der Waals surface area contributed by atoms with Gasteiger partial charge in [-0.25, -0.2) is 9.78 Å². The van der Waals surface area contributed by atoms with E-state index in [9.17, 15) is 4.79 Å². The smallest absolute Gasteiger partial charge is 0.340 e. The summed E-state index contributed by atoms with van der Waals surface area (Å²) in [6, 6.07) is 5.32. The second-order valence-electron chi connectivity index (χ2n) is 3.34. The molecule has 0 spiro atoms. The number of benzene rings is 1. The summed E-state index contributed by atoms with van der Waals surface area (Å²) < 4.78 is 9.93. The summed E-state index contributed by atoms with van der Waals surface area (Å²) in [5.41, 5.74) is 0.337. The van der Waals surface area contributed by atoms with E-state index in [1.165, 1.54) is 20.4 Å². The van der Waals surface area contributed by atoms with Gasteiger partial charge in [0.05, 0.1) is 19.8 Å². The Hall–Kier alpha value is -1.81.